The van der Waals surface area contributed by atoms with Gasteiger partial charge in [-0.3, -0.25) is 9.78 Å². The van der Waals surface area contributed by atoms with E-state index in [0.29, 0.717) is 0 Å². The molecule has 0 saturated carbocycles. The first-order valence-corrected chi connectivity index (χ1v) is 4.01. The molecule has 2 rings (SSSR count). The summed E-state index contributed by atoms with van der Waals surface area (Å²) in [5.41, 5.74) is 3.51. The molecule has 0 aliphatic rings. The number of hydrogen-bond acceptors (Lipinski definition) is 5. The standard InChI is InChI=1S/C9H6N2O4/c10-8(13)6-7(12)4-1-2-11-3-5(4)15-9(6)14/h1-3,12H,(H2,10,13). The van der Waals surface area contributed by atoms with Gasteiger partial charge in [-0.25, -0.2) is 4.79 Å². The molecule has 0 aliphatic heterocycles. The number of aromatic nitrogens is 1. The summed E-state index contributed by atoms with van der Waals surface area (Å²) >= 11 is 0. The first kappa shape index (κ1) is 9.20. The van der Waals surface area contributed by atoms with Gasteiger partial charge >= 0.3 is 5.63 Å². The lowest BCUT2D eigenvalue weighted by molar-refractivity contribution is 0.0994. The number of hydrogen-bond donors (Lipinski definition) is 2. The zero-order chi connectivity index (χ0) is 11.0. The summed E-state index contributed by atoms with van der Waals surface area (Å²) in [6.07, 6.45) is 2.66. The summed E-state index contributed by atoms with van der Waals surface area (Å²) in [7, 11) is 0. The van der Waals surface area contributed by atoms with Crippen molar-refractivity contribution in [2.24, 2.45) is 5.73 Å². The summed E-state index contributed by atoms with van der Waals surface area (Å²) in [6, 6.07) is 1.42. The quantitative estimate of drug-likeness (QED) is 0.682. The SMILES string of the molecule is NC(=O)c1c(O)c2ccncc2oc1=O. The molecule has 1 amide bonds. The highest BCUT2D eigenvalue weighted by Crippen LogP contribution is 2.24. The Morgan fingerprint density at radius 1 is 1.53 bits per heavy atom. The maximum atomic E-state index is 11.2. The van der Waals surface area contributed by atoms with Gasteiger partial charge in [0.15, 0.2) is 11.1 Å². The Balaban J connectivity index is 2.97. The van der Waals surface area contributed by atoms with Crippen molar-refractivity contribution in [3.63, 3.8) is 0 Å². The van der Waals surface area contributed by atoms with Gasteiger partial charge in [-0.05, 0) is 6.07 Å². The van der Waals surface area contributed by atoms with Crippen molar-refractivity contribution < 1.29 is 14.3 Å². The fraction of sp³-hybridized carbons (Fsp3) is 0. The van der Waals surface area contributed by atoms with E-state index in [1.54, 1.807) is 0 Å². The zero-order valence-corrected chi connectivity index (χ0v) is 7.43. The Hall–Kier alpha value is -2.37. The molecular formula is C9H6N2O4. The minimum atomic E-state index is -1.03. The fourth-order valence-corrected chi connectivity index (χ4v) is 1.26. The summed E-state index contributed by atoms with van der Waals surface area (Å²) in [4.78, 5) is 25.8. The van der Waals surface area contributed by atoms with Crippen molar-refractivity contribution in [2.45, 2.75) is 0 Å². The third-order valence-corrected chi connectivity index (χ3v) is 1.93. The maximum absolute atomic E-state index is 11.2. The Bertz CT molecular complexity index is 603. The maximum Gasteiger partial charge on any atom is 0.353 e. The average molecular weight is 206 g/mol. The van der Waals surface area contributed by atoms with Crippen molar-refractivity contribution in [2.75, 3.05) is 0 Å². The number of aromatic hydroxyl groups is 1. The van der Waals surface area contributed by atoms with Gasteiger partial charge in [0.1, 0.15) is 5.75 Å². The highest BCUT2D eigenvalue weighted by atomic mass is 16.4. The van der Waals surface area contributed by atoms with E-state index in [1.807, 2.05) is 0 Å². The van der Waals surface area contributed by atoms with Crippen molar-refractivity contribution >= 4 is 16.9 Å². The summed E-state index contributed by atoms with van der Waals surface area (Å²) < 4.78 is 4.76. The third-order valence-electron chi connectivity index (χ3n) is 1.93. The average Bonchev–Trinajstić information content (AvgIpc) is 2.17. The predicted octanol–water partition coefficient (Wildman–Crippen LogP) is -0.00750. The molecule has 0 radical (unpaired) electrons. The number of nitrogens with two attached hydrogens (primary N) is 1. The molecule has 0 aromatic carbocycles. The molecule has 0 saturated heterocycles. The Labute approximate surface area is 83.0 Å². The number of pyridine rings is 1. The zero-order valence-electron chi connectivity index (χ0n) is 7.43. The summed E-state index contributed by atoms with van der Waals surface area (Å²) in [5, 5.41) is 9.83. The highest BCUT2D eigenvalue weighted by molar-refractivity contribution is 6.00. The smallest absolute Gasteiger partial charge is 0.353 e. The van der Waals surface area contributed by atoms with E-state index in [2.05, 4.69) is 4.98 Å². The molecule has 0 bridgehead atoms. The number of carbonyl (C=O) groups is 1. The second-order valence-electron chi connectivity index (χ2n) is 2.85. The van der Waals surface area contributed by atoms with Gasteiger partial charge in [0, 0.05) is 6.20 Å². The highest BCUT2D eigenvalue weighted by Gasteiger charge is 2.17. The van der Waals surface area contributed by atoms with E-state index >= 15 is 0 Å². The van der Waals surface area contributed by atoms with Gasteiger partial charge in [-0.15, -0.1) is 0 Å². The van der Waals surface area contributed by atoms with Crippen LogP contribution in [0.25, 0.3) is 11.0 Å². The van der Waals surface area contributed by atoms with Gasteiger partial charge in [-0.2, -0.15) is 0 Å². The van der Waals surface area contributed by atoms with Crippen LogP contribution in [0.2, 0.25) is 0 Å². The Kier molecular flexibility index (Phi) is 1.89. The molecule has 2 aromatic rings. The number of carbonyl (C=O) groups excluding carboxylic acids is 1. The molecule has 0 fully saturated rings. The molecule has 6 heteroatoms. The number of nitrogens with zero attached hydrogens (tertiary/aromatic N) is 1. The largest absolute Gasteiger partial charge is 0.506 e. The number of fused-ring (bicyclic) bond motifs is 1. The molecule has 2 aromatic heterocycles. The Morgan fingerprint density at radius 3 is 2.93 bits per heavy atom. The number of amides is 1. The molecule has 0 spiro atoms. The minimum absolute atomic E-state index is 0.102. The lowest BCUT2D eigenvalue weighted by Gasteiger charge is -2.01. The van der Waals surface area contributed by atoms with Crippen LogP contribution in [-0.2, 0) is 0 Å². The molecular weight excluding hydrogens is 200 g/mol. The molecule has 0 aliphatic carbocycles. The fourth-order valence-electron chi connectivity index (χ4n) is 1.26. The van der Waals surface area contributed by atoms with Crippen LogP contribution in [-0.4, -0.2) is 16.0 Å². The van der Waals surface area contributed by atoms with E-state index in [1.165, 1.54) is 18.5 Å². The van der Waals surface area contributed by atoms with Gasteiger partial charge in [0.2, 0.25) is 0 Å². The number of primary amides is 1. The van der Waals surface area contributed by atoms with Crippen LogP contribution in [0.15, 0.2) is 27.7 Å². The van der Waals surface area contributed by atoms with Crippen LogP contribution in [0, 0.1) is 0 Å². The molecule has 3 N–H and O–H groups in total. The predicted molar refractivity (Wildman–Crippen MR) is 50.5 cm³/mol. The van der Waals surface area contributed by atoms with E-state index in [0.717, 1.165) is 0 Å². The molecule has 15 heavy (non-hydrogen) atoms. The van der Waals surface area contributed by atoms with Crippen molar-refractivity contribution in [1.29, 1.82) is 0 Å². The van der Waals surface area contributed by atoms with Gasteiger partial charge in [0.25, 0.3) is 5.91 Å². The van der Waals surface area contributed by atoms with Crippen LogP contribution in [0.4, 0.5) is 0 Å². The van der Waals surface area contributed by atoms with E-state index in [4.69, 9.17) is 10.2 Å². The van der Waals surface area contributed by atoms with Crippen molar-refractivity contribution in [3.05, 3.63) is 34.4 Å². The number of rotatable bonds is 1. The van der Waals surface area contributed by atoms with Crippen LogP contribution in [0.3, 0.4) is 0 Å². The monoisotopic (exact) mass is 206 g/mol. The van der Waals surface area contributed by atoms with Gasteiger partial charge in [0.05, 0.1) is 11.6 Å². The van der Waals surface area contributed by atoms with E-state index < -0.39 is 22.8 Å². The molecule has 0 atom stereocenters. The second-order valence-corrected chi connectivity index (χ2v) is 2.85. The summed E-state index contributed by atoms with van der Waals surface area (Å²) in [5.74, 6) is -1.50. The first-order valence-electron chi connectivity index (χ1n) is 4.01. The molecule has 6 nitrogen and oxygen atoms in total. The van der Waals surface area contributed by atoms with Crippen LogP contribution in [0.5, 0.6) is 5.75 Å². The molecule has 2 heterocycles. The van der Waals surface area contributed by atoms with E-state index in [-0.39, 0.29) is 11.0 Å². The second kappa shape index (κ2) is 3.09. The van der Waals surface area contributed by atoms with Crippen LogP contribution >= 0.6 is 0 Å². The van der Waals surface area contributed by atoms with Crippen LogP contribution < -0.4 is 11.4 Å². The topological polar surface area (TPSA) is 106 Å². The molecule has 0 unspecified atom stereocenters. The van der Waals surface area contributed by atoms with Crippen LogP contribution in [0.1, 0.15) is 10.4 Å². The van der Waals surface area contributed by atoms with Gasteiger partial charge < -0.3 is 15.3 Å². The third kappa shape index (κ3) is 1.32. The van der Waals surface area contributed by atoms with Crippen molar-refractivity contribution in [1.82, 2.24) is 4.98 Å². The lowest BCUT2D eigenvalue weighted by atomic mass is 10.2. The normalized spacial score (nSPS) is 10.4. The Morgan fingerprint density at radius 2 is 2.27 bits per heavy atom. The molecule has 76 valence electrons. The van der Waals surface area contributed by atoms with Gasteiger partial charge in [-0.1, -0.05) is 0 Å². The minimum Gasteiger partial charge on any atom is -0.506 e. The first-order chi connectivity index (χ1) is 7.11. The lowest BCUT2D eigenvalue weighted by Crippen LogP contribution is -2.21. The summed E-state index contributed by atoms with van der Waals surface area (Å²) in [6.45, 7) is 0. The van der Waals surface area contributed by atoms with E-state index in [9.17, 15) is 14.7 Å². The van der Waals surface area contributed by atoms with Crippen molar-refractivity contribution in [3.8, 4) is 5.75 Å².